The predicted octanol–water partition coefficient (Wildman–Crippen LogP) is -0.964. The molecule has 0 aliphatic carbocycles. The molecule has 7 nitrogen and oxygen atoms in total. The normalized spacial score (nSPS) is 11.6. The zero-order valence-corrected chi connectivity index (χ0v) is 12.3. The van der Waals surface area contributed by atoms with E-state index in [4.69, 9.17) is 14.2 Å². The Bertz CT molecular complexity index is 503. The van der Waals surface area contributed by atoms with Gasteiger partial charge >= 0.3 is 0 Å². The largest absolute Gasteiger partial charge is 0.550 e. The third kappa shape index (κ3) is 4.09. The molecule has 0 heterocycles. The molecule has 0 fully saturated rings. The molecule has 0 aliphatic rings. The lowest BCUT2D eigenvalue weighted by molar-refractivity contribution is -0.401. The Morgan fingerprint density at radius 1 is 1.14 bits per heavy atom. The zero-order valence-electron chi connectivity index (χ0n) is 12.3. The van der Waals surface area contributed by atoms with Crippen molar-refractivity contribution in [2.45, 2.75) is 18.9 Å². The van der Waals surface area contributed by atoms with E-state index in [2.05, 4.69) is 5.73 Å². The number of ether oxygens (including phenoxy) is 3. The van der Waals surface area contributed by atoms with Gasteiger partial charge in [0.1, 0.15) is 28.9 Å². The Morgan fingerprint density at radius 3 is 2.05 bits per heavy atom. The molecular weight excluding hydrogens is 278 g/mol. The van der Waals surface area contributed by atoms with Crippen molar-refractivity contribution < 1.29 is 34.6 Å². The third-order valence-electron chi connectivity index (χ3n) is 3.03. The molecule has 21 heavy (non-hydrogen) atoms. The molecule has 1 aromatic carbocycles. The van der Waals surface area contributed by atoms with Crippen molar-refractivity contribution >= 4 is 11.8 Å². The minimum Gasteiger partial charge on any atom is -0.550 e. The number of hydrogen-bond donors (Lipinski definition) is 1. The van der Waals surface area contributed by atoms with Gasteiger partial charge in [-0.3, -0.25) is 4.79 Å². The van der Waals surface area contributed by atoms with Crippen LogP contribution in [0, 0.1) is 0 Å². The highest BCUT2D eigenvalue weighted by molar-refractivity contribution is 6.04. The number of quaternary nitrogens is 1. The predicted molar refractivity (Wildman–Crippen MR) is 71.3 cm³/mol. The second kappa shape index (κ2) is 7.49. The molecule has 0 spiro atoms. The summed E-state index contributed by atoms with van der Waals surface area (Å²) in [7, 11) is 4.33. The monoisotopic (exact) mass is 297 g/mol. The molecule has 0 amide bonds. The maximum absolute atomic E-state index is 12.4. The zero-order chi connectivity index (χ0) is 16.0. The molecular formula is C14H19NO6. The first-order chi connectivity index (χ1) is 9.94. The molecule has 0 saturated carbocycles. The number of hydrogen-bond acceptors (Lipinski definition) is 6. The van der Waals surface area contributed by atoms with Gasteiger partial charge < -0.3 is 29.8 Å². The number of carbonyl (C=O) groups is 2. The summed E-state index contributed by atoms with van der Waals surface area (Å²) in [6.45, 7) is 0. The maximum atomic E-state index is 12.4. The lowest BCUT2D eigenvalue weighted by atomic mass is 9.99. The van der Waals surface area contributed by atoms with Crippen LogP contribution in [0.3, 0.4) is 0 Å². The van der Waals surface area contributed by atoms with Crippen molar-refractivity contribution in [1.29, 1.82) is 0 Å². The van der Waals surface area contributed by atoms with Gasteiger partial charge in [-0.2, -0.15) is 0 Å². The van der Waals surface area contributed by atoms with Crippen LogP contribution in [-0.4, -0.2) is 39.1 Å². The number of benzene rings is 1. The van der Waals surface area contributed by atoms with Crippen LogP contribution in [0.2, 0.25) is 0 Å². The second-order valence-corrected chi connectivity index (χ2v) is 4.38. The molecule has 1 rings (SSSR count). The van der Waals surface area contributed by atoms with Gasteiger partial charge in [0, 0.05) is 24.5 Å². The topological polar surface area (TPSA) is 113 Å². The Hall–Kier alpha value is -2.28. The van der Waals surface area contributed by atoms with Crippen molar-refractivity contribution in [2.75, 3.05) is 21.3 Å². The molecule has 0 bridgehead atoms. The smallest absolute Gasteiger partial charge is 0.227 e. The lowest BCUT2D eigenvalue weighted by Gasteiger charge is -2.16. The average Bonchev–Trinajstić information content (AvgIpc) is 2.50. The number of rotatable bonds is 8. The van der Waals surface area contributed by atoms with Gasteiger partial charge in [-0.1, -0.05) is 0 Å². The Morgan fingerprint density at radius 2 is 1.67 bits per heavy atom. The van der Waals surface area contributed by atoms with Crippen molar-refractivity contribution in [3.05, 3.63) is 17.7 Å². The number of carbonyl (C=O) groups excluding carboxylic acids is 2. The van der Waals surface area contributed by atoms with Crippen LogP contribution in [-0.2, 0) is 4.79 Å². The first kappa shape index (κ1) is 16.8. The fraction of sp³-hybridized carbons (Fsp3) is 0.429. The minimum absolute atomic E-state index is 0.0828. The molecule has 0 aromatic heterocycles. The quantitative estimate of drug-likeness (QED) is 0.618. The third-order valence-corrected chi connectivity index (χ3v) is 3.03. The van der Waals surface area contributed by atoms with E-state index >= 15 is 0 Å². The van der Waals surface area contributed by atoms with Gasteiger partial charge in [0.15, 0.2) is 0 Å². The summed E-state index contributed by atoms with van der Waals surface area (Å²) in [4.78, 5) is 22.9. The fourth-order valence-corrected chi connectivity index (χ4v) is 1.88. The highest BCUT2D eigenvalue weighted by Crippen LogP contribution is 2.34. The van der Waals surface area contributed by atoms with E-state index in [0.29, 0.717) is 17.2 Å². The fourth-order valence-electron chi connectivity index (χ4n) is 1.88. The number of Topliss-reactive ketones (excluding diaryl/α,β-unsaturated/α-hetero) is 1. The van der Waals surface area contributed by atoms with Crippen LogP contribution in [0.15, 0.2) is 12.1 Å². The van der Waals surface area contributed by atoms with Gasteiger partial charge in [-0.25, -0.2) is 0 Å². The van der Waals surface area contributed by atoms with Crippen molar-refractivity contribution in [2.24, 2.45) is 0 Å². The molecule has 0 radical (unpaired) electrons. The van der Waals surface area contributed by atoms with Crippen LogP contribution in [0.1, 0.15) is 23.2 Å². The molecule has 0 unspecified atom stereocenters. The molecule has 1 aromatic rings. The summed E-state index contributed by atoms with van der Waals surface area (Å²) in [6, 6.07) is 2.38. The lowest BCUT2D eigenvalue weighted by Crippen LogP contribution is -2.65. The minimum atomic E-state index is -1.22. The summed E-state index contributed by atoms with van der Waals surface area (Å²) < 4.78 is 15.5. The van der Waals surface area contributed by atoms with E-state index < -0.39 is 12.0 Å². The van der Waals surface area contributed by atoms with Crippen LogP contribution in [0.5, 0.6) is 17.2 Å². The van der Waals surface area contributed by atoms with Crippen LogP contribution in [0.4, 0.5) is 0 Å². The molecule has 7 heteroatoms. The van der Waals surface area contributed by atoms with Gasteiger partial charge in [0.05, 0.1) is 21.3 Å². The van der Waals surface area contributed by atoms with E-state index in [1.165, 1.54) is 21.3 Å². The molecule has 116 valence electrons. The van der Waals surface area contributed by atoms with Gasteiger partial charge in [0.2, 0.25) is 5.78 Å². The molecule has 0 saturated heterocycles. The molecule has 3 N–H and O–H groups in total. The van der Waals surface area contributed by atoms with Gasteiger partial charge in [0.25, 0.3) is 0 Å². The summed E-state index contributed by atoms with van der Waals surface area (Å²) in [5.74, 6) is -0.509. The Kier molecular flexibility index (Phi) is 5.98. The summed E-state index contributed by atoms with van der Waals surface area (Å²) in [6.07, 6.45) is -0.153. The van der Waals surface area contributed by atoms with Crippen molar-refractivity contribution in [1.82, 2.24) is 0 Å². The van der Waals surface area contributed by atoms with Crippen molar-refractivity contribution in [3.8, 4) is 17.2 Å². The highest BCUT2D eigenvalue weighted by atomic mass is 16.5. The first-order valence-corrected chi connectivity index (χ1v) is 6.31. The second-order valence-electron chi connectivity index (χ2n) is 4.38. The van der Waals surface area contributed by atoms with E-state index in [1.807, 2.05) is 0 Å². The number of methoxy groups -OCH3 is 3. The summed E-state index contributed by atoms with van der Waals surface area (Å²) in [5.41, 5.74) is 3.92. The molecule has 1 atom stereocenters. The van der Waals surface area contributed by atoms with Gasteiger partial charge in [-0.05, 0) is 6.42 Å². The Labute approximate surface area is 122 Å². The van der Waals surface area contributed by atoms with E-state index in [1.54, 1.807) is 12.1 Å². The van der Waals surface area contributed by atoms with Crippen LogP contribution in [0.25, 0.3) is 0 Å². The average molecular weight is 297 g/mol. The number of aliphatic carboxylic acids is 1. The van der Waals surface area contributed by atoms with E-state index in [-0.39, 0.29) is 24.2 Å². The first-order valence-electron chi connectivity index (χ1n) is 6.31. The molecule has 0 aliphatic heterocycles. The van der Waals surface area contributed by atoms with Gasteiger partial charge in [-0.15, -0.1) is 0 Å². The summed E-state index contributed by atoms with van der Waals surface area (Å²) in [5, 5.41) is 10.5. The van der Waals surface area contributed by atoms with Crippen molar-refractivity contribution in [3.63, 3.8) is 0 Å². The standard InChI is InChI=1S/C14H19NO6/c1-19-8-6-10(20-2)13(11(7-8)21-3)14(18)9(15)4-5-12(16)17/h6-7,9H,4-5,15H2,1-3H3,(H,16,17)/t9-/m0/s1. The highest BCUT2D eigenvalue weighted by Gasteiger charge is 2.27. The number of carboxylic acid groups (broad SMARTS) is 1. The SMILES string of the molecule is COc1cc(OC)c(C(=O)[C@@H]([NH3+])CCC(=O)[O-])c(OC)c1. The number of ketones is 1. The van der Waals surface area contributed by atoms with Crippen LogP contribution >= 0.6 is 0 Å². The van der Waals surface area contributed by atoms with E-state index in [0.717, 1.165) is 0 Å². The Balaban J connectivity index is 3.14. The van der Waals surface area contributed by atoms with Crippen LogP contribution < -0.4 is 25.1 Å². The maximum Gasteiger partial charge on any atom is 0.227 e. The van der Waals surface area contributed by atoms with E-state index in [9.17, 15) is 14.7 Å². The summed E-state index contributed by atoms with van der Waals surface area (Å²) >= 11 is 0. The number of carboxylic acids is 1.